The number of aryl methyl sites for hydroxylation is 2. The van der Waals surface area contributed by atoms with Crippen molar-refractivity contribution in [3.8, 4) is 0 Å². The molecule has 0 saturated carbocycles. The number of carbonyl (C=O) groups excluding carboxylic acids is 1. The molecule has 0 saturated heterocycles. The molecule has 3 nitrogen and oxygen atoms in total. The second-order valence-corrected chi connectivity index (χ2v) is 4.91. The van der Waals surface area contributed by atoms with Gasteiger partial charge in [-0.3, -0.25) is 14.2 Å². The van der Waals surface area contributed by atoms with Gasteiger partial charge in [0.05, 0.1) is 5.69 Å². The van der Waals surface area contributed by atoms with Gasteiger partial charge in [-0.05, 0) is 39.3 Å². The van der Waals surface area contributed by atoms with E-state index in [9.17, 15) is 9.59 Å². The van der Waals surface area contributed by atoms with Crippen LogP contribution >= 0.6 is 0 Å². The largest absolute Gasteiger partial charge is 0.299 e. The molecule has 0 spiro atoms. The highest BCUT2D eigenvalue weighted by Gasteiger charge is 2.37. The van der Waals surface area contributed by atoms with Gasteiger partial charge in [-0.2, -0.15) is 0 Å². The van der Waals surface area contributed by atoms with Gasteiger partial charge < -0.3 is 0 Å². The minimum absolute atomic E-state index is 0.0357. The predicted octanol–water partition coefficient (Wildman–Crippen LogP) is 1.79. The van der Waals surface area contributed by atoms with Crippen molar-refractivity contribution in [2.24, 2.45) is 0 Å². The summed E-state index contributed by atoms with van der Waals surface area (Å²) in [5.41, 5.74) is 1.80. The summed E-state index contributed by atoms with van der Waals surface area (Å²) in [6.45, 7) is 7.54. The molecular formula is C12H15NO2. The Balaban J connectivity index is 2.91. The number of hydrogen-bond donors (Lipinski definition) is 0. The summed E-state index contributed by atoms with van der Waals surface area (Å²) in [6.07, 6.45) is 0.423. The van der Waals surface area contributed by atoms with E-state index >= 15 is 0 Å². The Bertz CT molecular complexity index is 509. The maximum absolute atomic E-state index is 12.0. The third-order valence-corrected chi connectivity index (χ3v) is 3.03. The average Bonchev–Trinajstić information content (AvgIpc) is 2.32. The molecule has 0 aromatic carbocycles. The van der Waals surface area contributed by atoms with Gasteiger partial charge in [-0.15, -0.1) is 0 Å². The molecule has 15 heavy (non-hydrogen) atoms. The van der Waals surface area contributed by atoms with Crippen molar-refractivity contribution in [1.82, 2.24) is 4.57 Å². The lowest BCUT2D eigenvalue weighted by Crippen LogP contribution is -2.34. The summed E-state index contributed by atoms with van der Waals surface area (Å²) in [5.74, 6) is 0.0783. The fraction of sp³-hybridized carbons (Fsp3) is 0.500. The number of carbonyl (C=O) groups is 1. The van der Waals surface area contributed by atoms with E-state index in [0.29, 0.717) is 17.7 Å². The van der Waals surface area contributed by atoms with Crippen LogP contribution in [0.5, 0.6) is 0 Å². The molecule has 80 valence electrons. The number of aromatic nitrogens is 1. The number of nitrogens with zero attached hydrogens (tertiary/aromatic N) is 1. The van der Waals surface area contributed by atoms with E-state index in [1.807, 2.05) is 20.8 Å². The molecule has 1 aliphatic rings. The topological polar surface area (TPSA) is 39.1 Å². The van der Waals surface area contributed by atoms with Crippen molar-refractivity contribution < 1.29 is 4.79 Å². The average molecular weight is 205 g/mol. The van der Waals surface area contributed by atoms with Crippen molar-refractivity contribution in [2.75, 3.05) is 0 Å². The number of Topliss-reactive ketones (excluding diaryl/α,β-unsaturated/α-hetero) is 1. The maximum atomic E-state index is 12.0. The fourth-order valence-corrected chi connectivity index (χ4v) is 2.39. The molecule has 2 heterocycles. The van der Waals surface area contributed by atoms with Crippen molar-refractivity contribution in [2.45, 2.75) is 39.7 Å². The van der Waals surface area contributed by atoms with Crippen molar-refractivity contribution in [3.05, 3.63) is 33.2 Å². The zero-order valence-electron chi connectivity index (χ0n) is 9.55. The van der Waals surface area contributed by atoms with E-state index in [-0.39, 0.29) is 16.9 Å². The molecule has 0 amide bonds. The maximum Gasteiger partial charge on any atom is 0.254 e. The zero-order chi connectivity index (χ0) is 11.4. The smallest absolute Gasteiger partial charge is 0.254 e. The molecule has 3 heteroatoms. The second-order valence-electron chi connectivity index (χ2n) is 4.91. The molecule has 0 bridgehead atoms. The van der Waals surface area contributed by atoms with E-state index in [4.69, 9.17) is 0 Å². The highest BCUT2D eigenvalue weighted by molar-refractivity contribution is 5.98. The van der Waals surface area contributed by atoms with Gasteiger partial charge in [0.15, 0.2) is 5.78 Å². The van der Waals surface area contributed by atoms with E-state index in [0.717, 1.165) is 5.56 Å². The summed E-state index contributed by atoms with van der Waals surface area (Å²) in [6, 6.07) is 1.80. The molecule has 1 aromatic heterocycles. The van der Waals surface area contributed by atoms with Gasteiger partial charge in [-0.1, -0.05) is 0 Å². The summed E-state index contributed by atoms with van der Waals surface area (Å²) in [4.78, 5) is 23.8. The van der Waals surface area contributed by atoms with Crippen LogP contribution in [-0.2, 0) is 5.54 Å². The highest BCUT2D eigenvalue weighted by Crippen LogP contribution is 2.31. The van der Waals surface area contributed by atoms with Gasteiger partial charge in [0, 0.05) is 17.5 Å². The van der Waals surface area contributed by atoms with Crippen LogP contribution in [0.4, 0.5) is 0 Å². The molecule has 0 unspecified atom stereocenters. The van der Waals surface area contributed by atoms with Crippen molar-refractivity contribution in [3.63, 3.8) is 0 Å². The van der Waals surface area contributed by atoms with Crippen molar-refractivity contribution >= 4 is 5.78 Å². The van der Waals surface area contributed by atoms with Gasteiger partial charge in [0.2, 0.25) is 0 Å². The monoisotopic (exact) mass is 205 g/mol. The van der Waals surface area contributed by atoms with Crippen LogP contribution in [0.1, 0.15) is 41.9 Å². The number of pyridine rings is 1. The number of rotatable bonds is 0. The lowest BCUT2D eigenvalue weighted by Gasteiger charge is -2.21. The summed E-state index contributed by atoms with van der Waals surface area (Å²) in [7, 11) is 0. The lowest BCUT2D eigenvalue weighted by molar-refractivity contribution is 0.0978. The second kappa shape index (κ2) is 2.81. The standard InChI is InChI=1S/C12H15NO2/c1-7-5-8(2)11(15)13-10(7)9(14)6-12(13,3)4/h5H,6H2,1-4H3. The first-order chi connectivity index (χ1) is 6.84. The van der Waals surface area contributed by atoms with Crippen LogP contribution in [-0.4, -0.2) is 10.4 Å². The number of fused-ring (bicyclic) bond motifs is 1. The Hall–Kier alpha value is -1.38. The van der Waals surface area contributed by atoms with Crippen LogP contribution in [0.3, 0.4) is 0 Å². The molecule has 0 N–H and O–H groups in total. The first-order valence-electron chi connectivity index (χ1n) is 5.11. The third-order valence-electron chi connectivity index (χ3n) is 3.03. The van der Waals surface area contributed by atoms with Crippen molar-refractivity contribution in [1.29, 1.82) is 0 Å². The predicted molar refractivity (Wildman–Crippen MR) is 58.4 cm³/mol. The first kappa shape index (κ1) is 10.1. The highest BCUT2D eigenvalue weighted by atomic mass is 16.1. The van der Waals surface area contributed by atoms with Crippen LogP contribution in [0.25, 0.3) is 0 Å². The molecule has 0 atom stereocenters. The molecular weight excluding hydrogens is 190 g/mol. The van der Waals surface area contributed by atoms with Gasteiger partial charge >= 0.3 is 0 Å². The van der Waals surface area contributed by atoms with E-state index < -0.39 is 0 Å². The zero-order valence-corrected chi connectivity index (χ0v) is 9.55. The van der Waals surface area contributed by atoms with Crippen LogP contribution < -0.4 is 5.56 Å². The third kappa shape index (κ3) is 1.26. The van der Waals surface area contributed by atoms with Crippen LogP contribution in [0.15, 0.2) is 10.9 Å². The van der Waals surface area contributed by atoms with Gasteiger partial charge in [-0.25, -0.2) is 0 Å². The Morgan fingerprint density at radius 2 is 1.80 bits per heavy atom. The van der Waals surface area contributed by atoms with Crippen LogP contribution in [0, 0.1) is 13.8 Å². The lowest BCUT2D eigenvalue weighted by atomic mass is 10.0. The molecule has 1 aliphatic heterocycles. The molecule has 0 fully saturated rings. The summed E-state index contributed by atoms with van der Waals surface area (Å²) >= 11 is 0. The SMILES string of the molecule is Cc1cc(C)c(=O)n2c1C(=O)CC2(C)C. The van der Waals surface area contributed by atoms with Crippen LogP contribution in [0.2, 0.25) is 0 Å². The van der Waals surface area contributed by atoms with Gasteiger partial charge in [0.1, 0.15) is 0 Å². The molecule has 0 radical (unpaired) electrons. The number of ketones is 1. The Labute approximate surface area is 88.7 Å². The Morgan fingerprint density at radius 1 is 1.20 bits per heavy atom. The summed E-state index contributed by atoms with van der Waals surface area (Å²) < 4.78 is 1.65. The number of hydrogen-bond acceptors (Lipinski definition) is 2. The van der Waals surface area contributed by atoms with E-state index in [1.54, 1.807) is 17.6 Å². The fourth-order valence-electron chi connectivity index (χ4n) is 2.39. The minimum Gasteiger partial charge on any atom is -0.299 e. The molecule has 0 aliphatic carbocycles. The molecule has 1 aromatic rings. The molecule has 2 rings (SSSR count). The first-order valence-corrected chi connectivity index (χ1v) is 5.11. The normalized spacial score (nSPS) is 18.0. The minimum atomic E-state index is -0.375. The summed E-state index contributed by atoms with van der Waals surface area (Å²) in [5, 5.41) is 0. The van der Waals surface area contributed by atoms with E-state index in [2.05, 4.69) is 0 Å². The Kier molecular flexibility index (Phi) is 1.90. The van der Waals surface area contributed by atoms with Gasteiger partial charge in [0.25, 0.3) is 5.56 Å². The Morgan fingerprint density at radius 3 is 2.40 bits per heavy atom. The van der Waals surface area contributed by atoms with E-state index in [1.165, 1.54) is 0 Å². The quantitative estimate of drug-likeness (QED) is 0.647.